The third-order valence-electron chi connectivity index (χ3n) is 5.45. The third-order valence-corrected chi connectivity index (χ3v) is 5.45. The molecule has 1 aromatic heterocycles. The number of benzene rings is 2. The Morgan fingerprint density at radius 3 is 2.57 bits per heavy atom. The molecular weight excluding hydrogens is 461 g/mol. The van der Waals surface area contributed by atoms with Crippen LogP contribution in [0, 0.1) is 0 Å². The molecule has 0 spiro atoms. The second kappa shape index (κ2) is 9.41. The second-order valence-electron chi connectivity index (χ2n) is 7.28. The highest BCUT2D eigenvalue weighted by atomic mass is 127. The van der Waals surface area contributed by atoms with Gasteiger partial charge in [0, 0.05) is 32.1 Å². The van der Waals surface area contributed by atoms with Crippen molar-refractivity contribution in [1.82, 2.24) is 20.2 Å². The number of fused-ring (bicyclic) bond motifs is 1. The van der Waals surface area contributed by atoms with Crippen LogP contribution in [0.25, 0.3) is 11.0 Å². The van der Waals surface area contributed by atoms with E-state index in [1.165, 1.54) is 23.9 Å². The molecule has 0 unspecified atom stereocenters. The minimum atomic E-state index is 0. The van der Waals surface area contributed by atoms with Gasteiger partial charge in [-0.2, -0.15) is 0 Å². The number of halogens is 1. The van der Waals surface area contributed by atoms with Crippen LogP contribution < -0.4 is 10.6 Å². The Bertz CT molecular complexity index is 915. The van der Waals surface area contributed by atoms with E-state index in [9.17, 15) is 0 Å². The molecule has 1 saturated carbocycles. The molecule has 6 heteroatoms. The van der Waals surface area contributed by atoms with Crippen LogP contribution in [0.3, 0.4) is 0 Å². The summed E-state index contributed by atoms with van der Waals surface area (Å²) in [5.74, 6) is 0.882. The van der Waals surface area contributed by atoms with E-state index in [1.807, 2.05) is 19.4 Å². The Kier molecular flexibility index (Phi) is 6.93. The van der Waals surface area contributed by atoms with Gasteiger partial charge in [0.15, 0.2) is 5.96 Å². The zero-order chi connectivity index (χ0) is 18.5. The molecule has 2 N–H and O–H groups in total. The van der Waals surface area contributed by atoms with Gasteiger partial charge in [0.25, 0.3) is 0 Å². The van der Waals surface area contributed by atoms with E-state index in [-0.39, 0.29) is 29.4 Å². The number of guanidine groups is 1. The highest BCUT2D eigenvalue weighted by Crippen LogP contribution is 2.47. The van der Waals surface area contributed by atoms with Gasteiger partial charge in [-0.15, -0.1) is 24.0 Å². The van der Waals surface area contributed by atoms with Crippen LogP contribution in [0.4, 0.5) is 0 Å². The first kappa shape index (κ1) is 20.6. The number of nitrogens with zero attached hydrogens (tertiary/aromatic N) is 3. The van der Waals surface area contributed by atoms with Gasteiger partial charge in [0.05, 0.1) is 17.4 Å². The highest BCUT2D eigenvalue weighted by molar-refractivity contribution is 14.0. The first-order valence-electron chi connectivity index (χ1n) is 9.71. The average Bonchev–Trinajstić information content (AvgIpc) is 3.41. The number of aliphatic imine (C=N–C) groups is 1. The second-order valence-corrected chi connectivity index (χ2v) is 7.28. The molecular formula is C22H28IN5. The molecule has 5 nitrogen and oxygen atoms in total. The minimum Gasteiger partial charge on any atom is -0.356 e. The van der Waals surface area contributed by atoms with E-state index < -0.39 is 0 Å². The first-order valence-corrected chi connectivity index (χ1v) is 9.71. The Morgan fingerprint density at radius 2 is 1.82 bits per heavy atom. The van der Waals surface area contributed by atoms with Gasteiger partial charge < -0.3 is 15.2 Å². The van der Waals surface area contributed by atoms with Gasteiger partial charge in [0.2, 0.25) is 0 Å². The molecule has 0 atom stereocenters. The van der Waals surface area contributed by atoms with Gasteiger partial charge in [-0.05, 0) is 37.0 Å². The molecule has 0 aliphatic heterocycles. The van der Waals surface area contributed by atoms with Crippen molar-refractivity contribution in [3.63, 3.8) is 0 Å². The summed E-state index contributed by atoms with van der Waals surface area (Å²) < 4.78 is 2.21. The standard InChI is InChI=1S/C22H27N5.HI/c1-23-21(25-16-22(12-13-22)18-8-3-2-4-9-18)24-14-7-15-27-17-26-19-10-5-6-11-20(19)27;/h2-6,8-11,17H,7,12-16H2,1H3,(H2,23,24,25);1H. The van der Waals surface area contributed by atoms with Crippen molar-refractivity contribution in [1.29, 1.82) is 0 Å². The number of hydrogen-bond donors (Lipinski definition) is 2. The van der Waals surface area contributed by atoms with Crippen molar-refractivity contribution in [3.8, 4) is 0 Å². The highest BCUT2D eigenvalue weighted by Gasteiger charge is 2.43. The molecule has 2 aromatic carbocycles. The molecule has 4 rings (SSSR count). The van der Waals surface area contributed by atoms with Crippen molar-refractivity contribution < 1.29 is 0 Å². The number of nitrogens with one attached hydrogen (secondary N) is 2. The summed E-state index contributed by atoms with van der Waals surface area (Å²) in [6.07, 6.45) is 5.43. The van der Waals surface area contributed by atoms with Gasteiger partial charge in [-0.25, -0.2) is 4.98 Å². The van der Waals surface area contributed by atoms with E-state index in [0.29, 0.717) is 0 Å². The number of para-hydroxylation sites is 2. The number of aryl methyl sites for hydroxylation is 1. The lowest BCUT2D eigenvalue weighted by Gasteiger charge is -2.19. The molecule has 1 heterocycles. The van der Waals surface area contributed by atoms with Gasteiger partial charge in [-0.1, -0.05) is 42.5 Å². The monoisotopic (exact) mass is 489 g/mol. The summed E-state index contributed by atoms with van der Waals surface area (Å²) in [5, 5.41) is 6.95. The lowest BCUT2D eigenvalue weighted by atomic mass is 9.96. The summed E-state index contributed by atoms with van der Waals surface area (Å²) in [4.78, 5) is 8.82. The van der Waals surface area contributed by atoms with Crippen LogP contribution in [-0.4, -0.2) is 35.6 Å². The molecule has 0 radical (unpaired) electrons. The van der Waals surface area contributed by atoms with Crippen LogP contribution in [0.2, 0.25) is 0 Å². The summed E-state index contributed by atoms with van der Waals surface area (Å²) in [5.41, 5.74) is 3.96. The van der Waals surface area contributed by atoms with Crippen LogP contribution in [0.1, 0.15) is 24.8 Å². The van der Waals surface area contributed by atoms with Crippen LogP contribution in [0.15, 0.2) is 65.9 Å². The summed E-state index contributed by atoms with van der Waals surface area (Å²) in [7, 11) is 1.83. The van der Waals surface area contributed by atoms with E-state index in [0.717, 1.165) is 37.5 Å². The smallest absolute Gasteiger partial charge is 0.191 e. The predicted molar refractivity (Wildman–Crippen MR) is 126 cm³/mol. The Labute approximate surface area is 183 Å². The first-order chi connectivity index (χ1) is 13.3. The zero-order valence-electron chi connectivity index (χ0n) is 16.3. The Balaban J connectivity index is 0.00000225. The lowest BCUT2D eigenvalue weighted by molar-refractivity contribution is 0.619. The van der Waals surface area contributed by atoms with Crippen LogP contribution in [-0.2, 0) is 12.0 Å². The van der Waals surface area contributed by atoms with Crippen molar-refractivity contribution in [2.45, 2.75) is 31.2 Å². The minimum absolute atomic E-state index is 0. The fraction of sp³-hybridized carbons (Fsp3) is 0.364. The van der Waals surface area contributed by atoms with Crippen molar-refractivity contribution in [3.05, 3.63) is 66.5 Å². The molecule has 0 saturated heterocycles. The average molecular weight is 489 g/mol. The van der Waals surface area contributed by atoms with Crippen molar-refractivity contribution in [2.24, 2.45) is 4.99 Å². The fourth-order valence-electron chi connectivity index (χ4n) is 3.63. The molecule has 28 heavy (non-hydrogen) atoms. The predicted octanol–water partition coefficient (Wildman–Crippen LogP) is 3.94. The third kappa shape index (κ3) is 4.66. The molecule has 1 aliphatic rings. The molecule has 148 valence electrons. The maximum Gasteiger partial charge on any atom is 0.191 e. The SMILES string of the molecule is CN=C(NCCCn1cnc2ccccc21)NCC1(c2ccccc2)CC1.I. The maximum absolute atomic E-state index is 4.45. The number of hydrogen-bond acceptors (Lipinski definition) is 2. The normalized spacial score (nSPS) is 15.1. The van der Waals surface area contributed by atoms with E-state index in [1.54, 1.807) is 0 Å². The van der Waals surface area contributed by atoms with Crippen molar-refractivity contribution in [2.75, 3.05) is 20.1 Å². The molecule has 1 aliphatic carbocycles. The lowest BCUT2D eigenvalue weighted by Crippen LogP contribution is -2.41. The fourth-order valence-corrected chi connectivity index (χ4v) is 3.63. The quantitative estimate of drug-likeness (QED) is 0.229. The van der Waals surface area contributed by atoms with E-state index >= 15 is 0 Å². The maximum atomic E-state index is 4.45. The van der Waals surface area contributed by atoms with Gasteiger partial charge >= 0.3 is 0 Å². The largest absolute Gasteiger partial charge is 0.356 e. The Hall–Kier alpha value is -2.09. The zero-order valence-corrected chi connectivity index (χ0v) is 18.6. The van der Waals surface area contributed by atoms with Crippen LogP contribution >= 0.6 is 24.0 Å². The number of rotatable bonds is 7. The summed E-state index contributed by atoms with van der Waals surface area (Å²) in [6, 6.07) is 19.1. The molecule has 0 bridgehead atoms. The van der Waals surface area contributed by atoms with Crippen molar-refractivity contribution >= 4 is 41.0 Å². The summed E-state index contributed by atoms with van der Waals surface area (Å²) >= 11 is 0. The van der Waals surface area contributed by atoms with Gasteiger partial charge in [0.1, 0.15) is 0 Å². The molecule has 1 fully saturated rings. The van der Waals surface area contributed by atoms with Crippen LogP contribution in [0.5, 0.6) is 0 Å². The van der Waals surface area contributed by atoms with E-state index in [4.69, 9.17) is 0 Å². The van der Waals surface area contributed by atoms with E-state index in [2.05, 4.69) is 73.7 Å². The molecule has 0 amide bonds. The number of imidazole rings is 1. The Morgan fingerprint density at radius 1 is 1.07 bits per heavy atom. The van der Waals surface area contributed by atoms with Gasteiger partial charge in [-0.3, -0.25) is 4.99 Å². The number of aromatic nitrogens is 2. The topological polar surface area (TPSA) is 54.2 Å². The summed E-state index contributed by atoms with van der Waals surface area (Å²) in [6.45, 7) is 2.76. The molecule has 3 aromatic rings.